The number of pyridine rings is 1. The molecule has 3 aromatic carbocycles. The zero-order valence-corrected chi connectivity index (χ0v) is 17.3. The van der Waals surface area contributed by atoms with Crippen molar-refractivity contribution in [2.45, 2.75) is 13.5 Å². The molecule has 0 bridgehead atoms. The Balaban J connectivity index is 1.61. The third-order valence-corrected chi connectivity index (χ3v) is 5.03. The summed E-state index contributed by atoms with van der Waals surface area (Å²) in [7, 11) is 1.34. The lowest BCUT2D eigenvalue weighted by Crippen LogP contribution is -2.07. The summed E-state index contributed by atoms with van der Waals surface area (Å²) < 4.78 is 10.3. The first-order valence-electron chi connectivity index (χ1n) is 9.86. The first-order valence-corrected chi connectivity index (χ1v) is 9.86. The molecule has 0 amide bonds. The second-order valence-corrected chi connectivity index (χ2v) is 7.20. The molecule has 0 aliphatic carbocycles. The van der Waals surface area contributed by atoms with Crippen molar-refractivity contribution in [3.63, 3.8) is 0 Å². The van der Waals surface area contributed by atoms with E-state index < -0.39 is 11.9 Å². The van der Waals surface area contributed by atoms with E-state index in [1.165, 1.54) is 7.11 Å². The minimum Gasteiger partial charge on any atom is -0.465 e. The monoisotopic (exact) mass is 411 g/mol. The normalized spacial score (nSPS) is 10.6. The van der Waals surface area contributed by atoms with Crippen LogP contribution in [0.2, 0.25) is 0 Å². The van der Waals surface area contributed by atoms with Crippen molar-refractivity contribution < 1.29 is 19.1 Å². The van der Waals surface area contributed by atoms with Crippen molar-refractivity contribution in [3.05, 3.63) is 101 Å². The number of methoxy groups -OCH3 is 1. The Morgan fingerprint density at radius 2 is 1.58 bits per heavy atom. The van der Waals surface area contributed by atoms with Crippen molar-refractivity contribution in [2.24, 2.45) is 0 Å². The molecule has 0 fully saturated rings. The minimum absolute atomic E-state index is 0.0940. The number of ether oxygens (including phenoxy) is 2. The number of nitrogens with zero attached hydrogens (tertiary/aromatic N) is 1. The van der Waals surface area contributed by atoms with Crippen LogP contribution in [0.5, 0.6) is 0 Å². The fraction of sp³-hybridized carbons (Fsp3) is 0.115. The van der Waals surface area contributed by atoms with Crippen LogP contribution in [0.15, 0.2) is 78.9 Å². The summed E-state index contributed by atoms with van der Waals surface area (Å²) >= 11 is 0. The first-order chi connectivity index (χ1) is 15.0. The molecule has 4 rings (SSSR count). The molecule has 0 saturated heterocycles. The second-order valence-electron chi connectivity index (χ2n) is 7.20. The molecule has 31 heavy (non-hydrogen) atoms. The van der Waals surface area contributed by atoms with Gasteiger partial charge in [0.1, 0.15) is 6.61 Å². The Labute approximate surface area is 180 Å². The summed E-state index contributed by atoms with van der Waals surface area (Å²) in [5.41, 5.74) is 5.22. The highest BCUT2D eigenvalue weighted by molar-refractivity contribution is 6.04. The van der Waals surface area contributed by atoms with E-state index >= 15 is 0 Å². The smallest absolute Gasteiger partial charge is 0.339 e. The molecule has 0 unspecified atom stereocenters. The topological polar surface area (TPSA) is 65.5 Å². The van der Waals surface area contributed by atoms with Gasteiger partial charge < -0.3 is 9.47 Å². The summed E-state index contributed by atoms with van der Waals surface area (Å²) in [6.45, 7) is 2.12. The van der Waals surface area contributed by atoms with E-state index in [-0.39, 0.29) is 6.61 Å². The summed E-state index contributed by atoms with van der Waals surface area (Å²) in [6.07, 6.45) is 0. The molecule has 154 valence electrons. The lowest BCUT2D eigenvalue weighted by Gasteiger charge is -2.11. The van der Waals surface area contributed by atoms with Gasteiger partial charge in [-0.05, 0) is 36.8 Å². The molecule has 0 radical (unpaired) electrons. The summed E-state index contributed by atoms with van der Waals surface area (Å²) in [5, 5.41) is 0.740. The molecule has 5 heteroatoms. The number of hydrogen-bond acceptors (Lipinski definition) is 5. The number of para-hydroxylation sites is 1. The fourth-order valence-corrected chi connectivity index (χ4v) is 3.30. The molecule has 0 spiro atoms. The van der Waals surface area contributed by atoms with Crippen LogP contribution in [0.4, 0.5) is 0 Å². The van der Waals surface area contributed by atoms with Gasteiger partial charge in [0.05, 0.1) is 29.4 Å². The fourth-order valence-electron chi connectivity index (χ4n) is 3.30. The average Bonchev–Trinajstić information content (AvgIpc) is 2.82. The van der Waals surface area contributed by atoms with Crippen LogP contribution in [0.25, 0.3) is 22.2 Å². The van der Waals surface area contributed by atoms with Crippen LogP contribution in [-0.4, -0.2) is 24.0 Å². The number of aryl methyl sites for hydroxylation is 1. The van der Waals surface area contributed by atoms with Crippen LogP contribution in [0.3, 0.4) is 0 Å². The van der Waals surface area contributed by atoms with E-state index in [2.05, 4.69) is 0 Å². The van der Waals surface area contributed by atoms with Crippen LogP contribution in [-0.2, 0) is 16.1 Å². The van der Waals surface area contributed by atoms with Crippen LogP contribution >= 0.6 is 0 Å². The third-order valence-electron chi connectivity index (χ3n) is 5.03. The number of hydrogen-bond donors (Lipinski definition) is 0. The van der Waals surface area contributed by atoms with Gasteiger partial charge in [-0.25, -0.2) is 14.6 Å². The first kappa shape index (κ1) is 20.3. The zero-order valence-electron chi connectivity index (χ0n) is 17.3. The van der Waals surface area contributed by atoms with Crippen molar-refractivity contribution in [3.8, 4) is 11.3 Å². The van der Waals surface area contributed by atoms with Gasteiger partial charge in [-0.3, -0.25) is 0 Å². The average molecular weight is 411 g/mol. The maximum Gasteiger partial charge on any atom is 0.339 e. The van der Waals surface area contributed by atoms with Gasteiger partial charge in [-0.2, -0.15) is 0 Å². The second kappa shape index (κ2) is 8.79. The molecule has 0 saturated carbocycles. The number of esters is 2. The SMILES string of the molecule is COC(=O)c1ccc(COC(=O)c2cc(-c3ccc(C)cc3)nc3ccccc23)cc1. The lowest BCUT2D eigenvalue weighted by molar-refractivity contribution is 0.0473. The highest BCUT2D eigenvalue weighted by Gasteiger charge is 2.15. The van der Waals surface area contributed by atoms with Gasteiger partial charge in [0.15, 0.2) is 0 Å². The molecule has 0 N–H and O–H groups in total. The molecule has 0 aliphatic rings. The Morgan fingerprint density at radius 1 is 0.871 bits per heavy atom. The number of aromatic nitrogens is 1. The van der Waals surface area contributed by atoms with Crippen LogP contribution < -0.4 is 0 Å². The Bertz CT molecular complexity index is 1240. The van der Waals surface area contributed by atoms with E-state index in [1.807, 2.05) is 55.5 Å². The van der Waals surface area contributed by atoms with E-state index in [4.69, 9.17) is 14.5 Å². The zero-order chi connectivity index (χ0) is 21.8. The number of rotatable bonds is 5. The quantitative estimate of drug-likeness (QED) is 0.414. The Hall–Kier alpha value is -3.99. The van der Waals surface area contributed by atoms with E-state index in [9.17, 15) is 9.59 Å². The maximum atomic E-state index is 13.0. The largest absolute Gasteiger partial charge is 0.465 e. The number of carbonyl (C=O) groups is 2. The van der Waals surface area contributed by atoms with E-state index in [0.29, 0.717) is 16.8 Å². The Morgan fingerprint density at radius 3 is 2.29 bits per heavy atom. The molecule has 4 aromatic rings. The third kappa shape index (κ3) is 4.46. The van der Waals surface area contributed by atoms with Gasteiger partial charge in [0.25, 0.3) is 0 Å². The molecule has 5 nitrogen and oxygen atoms in total. The molecule has 0 atom stereocenters. The minimum atomic E-state index is -0.427. The molecule has 1 heterocycles. The summed E-state index contributed by atoms with van der Waals surface area (Å²) in [5.74, 6) is -0.834. The summed E-state index contributed by atoms with van der Waals surface area (Å²) in [4.78, 5) is 29.2. The van der Waals surface area contributed by atoms with Gasteiger partial charge in [0, 0.05) is 10.9 Å². The van der Waals surface area contributed by atoms with E-state index in [1.54, 1.807) is 30.3 Å². The van der Waals surface area contributed by atoms with Crippen molar-refractivity contribution in [1.29, 1.82) is 0 Å². The summed E-state index contributed by atoms with van der Waals surface area (Å²) in [6, 6.07) is 24.1. The van der Waals surface area contributed by atoms with Crippen LogP contribution in [0, 0.1) is 6.92 Å². The molecule has 1 aromatic heterocycles. The van der Waals surface area contributed by atoms with Crippen molar-refractivity contribution in [2.75, 3.05) is 7.11 Å². The molecular formula is C26H21NO4. The molecular weight excluding hydrogens is 390 g/mol. The van der Waals surface area contributed by atoms with Crippen LogP contribution in [0.1, 0.15) is 31.8 Å². The standard InChI is InChI=1S/C26H21NO4/c1-17-7-11-19(12-8-17)24-15-22(21-5-3-4-6-23(21)27-24)26(29)31-16-18-9-13-20(14-10-18)25(28)30-2/h3-15H,16H2,1-2H3. The highest BCUT2D eigenvalue weighted by Crippen LogP contribution is 2.26. The van der Waals surface area contributed by atoms with Gasteiger partial charge in [0.2, 0.25) is 0 Å². The van der Waals surface area contributed by atoms with Gasteiger partial charge in [-0.1, -0.05) is 60.2 Å². The number of carbonyl (C=O) groups excluding carboxylic acids is 2. The van der Waals surface area contributed by atoms with Crippen molar-refractivity contribution >= 4 is 22.8 Å². The lowest BCUT2D eigenvalue weighted by atomic mass is 10.0. The van der Waals surface area contributed by atoms with E-state index in [0.717, 1.165) is 27.6 Å². The number of fused-ring (bicyclic) bond motifs is 1. The van der Waals surface area contributed by atoms with Crippen molar-refractivity contribution in [1.82, 2.24) is 4.98 Å². The predicted molar refractivity (Wildman–Crippen MR) is 119 cm³/mol. The maximum absolute atomic E-state index is 13.0. The predicted octanol–water partition coefficient (Wildman–Crippen LogP) is 5.35. The van der Waals surface area contributed by atoms with Gasteiger partial charge >= 0.3 is 11.9 Å². The van der Waals surface area contributed by atoms with Gasteiger partial charge in [-0.15, -0.1) is 0 Å². The number of benzene rings is 3. The molecule has 0 aliphatic heterocycles. The highest BCUT2D eigenvalue weighted by atomic mass is 16.5. The Kier molecular flexibility index (Phi) is 5.76.